The molecular weight excluding hydrogens is 805 g/mol. The van der Waals surface area contributed by atoms with Gasteiger partial charge in [0.1, 0.15) is 34.2 Å². The van der Waals surface area contributed by atoms with E-state index in [2.05, 4.69) is 88.6 Å². The summed E-state index contributed by atoms with van der Waals surface area (Å²) in [5.41, 5.74) is 21.3. The van der Waals surface area contributed by atoms with Gasteiger partial charge < -0.3 is 19.3 Å². The van der Waals surface area contributed by atoms with Gasteiger partial charge in [0.15, 0.2) is 0 Å². The van der Waals surface area contributed by atoms with Crippen molar-refractivity contribution in [2.75, 3.05) is 0 Å². The number of fused-ring (bicyclic) bond motifs is 9. The van der Waals surface area contributed by atoms with E-state index in [4.69, 9.17) is 35.9 Å². The lowest BCUT2D eigenvalue weighted by Crippen LogP contribution is -2.18. The number of benzene rings is 4. The summed E-state index contributed by atoms with van der Waals surface area (Å²) in [5, 5.41) is 3.76. The highest BCUT2D eigenvalue weighted by Gasteiger charge is 2.36. The van der Waals surface area contributed by atoms with Crippen molar-refractivity contribution in [1.29, 1.82) is 0 Å². The van der Waals surface area contributed by atoms with Gasteiger partial charge in [0.2, 0.25) is 0 Å². The fourth-order valence-electron chi connectivity index (χ4n) is 9.76. The molecule has 312 valence electrons. The van der Waals surface area contributed by atoms with E-state index < -0.39 is 0 Å². The van der Waals surface area contributed by atoms with E-state index in [-0.39, 0.29) is 17.9 Å². The Hall–Kier alpha value is -8.43. The molecule has 65 heavy (non-hydrogen) atoms. The number of ether oxygens (including phenoxy) is 1. The van der Waals surface area contributed by atoms with Gasteiger partial charge in [-0.1, -0.05) is 49.9 Å². The molecule has 0 amide bonds. The van der Waals surface area contributed by atoms with Crippen molar-refractivity contribution in [2.45, 2.75) is 25.4 Å². The summed E-state index contributed by atoms with van der Waals surface area (Å²) in [5.74, 6) is 0.759. The number of aliphatic imine (C=N–C) groups is 1. The van der Waals surface area contributed by atoms with Gasteiger partial charge in [-0.3, -0.25) is 24.9 Å². The molecule has 3 atom stereocenters. The number of allylic oxidation sites excluding steroid dienone is 2. The van der Waals surface area contributed by atoms with Crippen molar-refractivity contribution in [1.82, 2.24) is 19.9 Å². The Morgan fingerprint density at radius 3 is 1.85 bits per heavy atom. The Bertz CT molecular complexity index is 3620. The third-order valence-corrected chi connectivity index (χ3v) is 12.9. The molecule has 12 rings (SSSR count). The highest BCUT2D eigenvalue weighted by atomic mass is 16.5. The maximum Gasteiger partial charge on any atom is 0.138 e. The quantitative estimate of drug-likeness (QED) is 0.152. The lowest BCUT2D eigenvalue weighted by molar-refractivity contribution is 0.275. The topological polar surface area (TPSA) is 125 Å². The van der Waals surface area contributed by atoms with Gasteiger partial charge in [0.05, 0.1) is 17.3 Å². The number of hydrogen-bond donors (Lipinski definition) is 1. The number of furan rings is 2. The fraction of sp³-hybridized carbons (Fsp3) is 0.0893. The second-order valence-electron chi connectivity index (χ2n) is 16.6. The summed E-state index contributed by atoms with van der Waals surface area (Å²) in [6.07, 6.45) is 20.9. The van der Waals surface area contributed by atoms with Crippen LogP contribution in [0.5, 0.6) is 5.75 Å². The molecule has 0 radical (unpaired) electrons. The maximum atomic E-state index is 6.51. The third-order valence-electron chi connectivity index (χ3n) is 12.9. The molecule has 0 bridgehead atoms. The first kappa shape index (κ1) is 38.3. The lowest BCUT2D eigenvalue weighted by atomic mass is 9.73. The summed E-state index contributed by atoms with van der Waals surface area (Å²) in [6.45, 7) is 7.22. The van der Waals surface area contributed by atoms with Crippen LogP contribution < -0.4 is 10.5 Å². The molecule has 10 aromatic rings. The van der Waals surface area contributed by atoms with Gasteiger partial charge in [-0.2, -0.15) is 0 Å². The zero-order valence-electron chi connectivity index (χ0n) is 35.4. The Balaban J connectivity index is 1.30. The minimum Gasteiger partial charge on any atom is -0.485 e. The Kier molecular flexibility index (Phi) is 9.08. The summed E-state index contributed by atoms with van der Waals surface area (Å²) in [4.78, 5) is 23.9. The molecular formula is C56H40N6O3. The molecule has 9 nitrogen and oxygen atoms in total. The van der Waals surface area contributed by atoms with Crippen LogP contribution >= 0.6 is 0 Å². The maximum absolute atomic E-state index is 6.51. The normalized spacial score (nSPS) is 15.8. The van der Waals surface area contributed by atoms with Gasteiger partial charge >= 0.3 is 0 Å². The van der Waals surface area contributed by atoms with E-state index in [1.54, 1.807) is 18.6 Å². The van der Waals surface area contributed by atoms with Crippen LogP contribution in [-0.2, 0) is 0 Å². The van der Waals surface area contributed by atoms with Crippen molar-refractivity contribution >= 4 is 55.7 Å². The van der Waals surface area contributed by atoms with E-state index >= 15 is 0 Å². The molecule has 0 spiro atoms. The minimum atomic E-state index is -0.139. The van der Waals surface area contributed by atoms with Crippen LogP contribution in [0.2, 0.25) is 0 Å². The van der Waals surface area contributed by atoms with Crippen molar-refractivity contribution in [3.05, 3.63) is 183 Å². The van der Waals surface area contributed by atoms with Gasteiger partial charge in [0, 0.05) is 93.4 Å². The molecule has 0 saturated heterocycles. The van der Waals surface area contributed by atoms with Crippen molar-refractivity contribution in [3.63, 3.8) is 0 Å². The number of rotatable bonds is 9. The first-order valence-electron chi connectivity index (χ1n) is 21.7. The van der Waals surface area contributed by atoms with Crippen LogP contribution in [0.1, 0.15) is 30.4 Å². The molecule has 0 saturated carbocycles. The molecule has 2 aliphatic rings. The zero-order valence-corrected chi connectivity index (χ0v) is 35.4. The van der Waals surface area contributed by atoms with Crippen LogP contribution in [0.15, 0.2) is 185 Å². The molecule has 0 aliphatic carbocycles. The standard InChI is InChI=1S/C56H40N6O3/c1-32(8-7-20-57)33(2)51-52(34-11-14-45-37(26-34)40-29-58-23-17-48(40)63-45)55(43-9-3-5-21-61-43)54(36-13-16-47-39(28-36)42-31-60-25-19-50(42)65-47)56(44-10-4-6-22-62-44)53(51)35-12-15-46-38(27-35)41-30-59-24-18-49(41)64-46/h3-7,9-32,40,48H,2,8,57H2,1H3/b20-7-. The van der Waals surface area contributed by atoms with Crippen LogP contribution in [0.3, 0.4) is 0 Å². The van der Waals surface area contributed by atoms with Gasteiger partial charge in [-0.15, -0.1) is 0 Å². The van der Waals surface area contributed by atoms with Crippen LogP contribution in [0, 0.1) is 5.92 Å². The zero-order chi connectivity index (χ0) is 43.6. The van der Waals surface area contributed by atoms with E-state index in [1.807, 2.05) is 85.8 Å². The van der Waals surface area contributed by atoms with Crippen LogP contribution in [0.4, 0.5) is 0 Å². The lowest BCUT2D eigenvalue weighted by Gasteiger charge is -2.30. The van der Waals surface area contributed by atoms with Crippen LogP contribution in [0.25, 0.3) is 105 Å². The third kappa shape index (κ3) is 6.26. The molecule has 4 aromatic carbocycles. The SMILES string of the molecule is C=C(c1c(-c2ccc3c(c2)C2C=NC=CC2O3)c(-c2ccccn2)c(-c2ccc3oc4ccncc4c3c2)c(-c2ccccn2)c1-c1ccc2oc3ccncc3c2c1)C(C)C/C=C\N. The summed E-state index contributed by atoms with van der Waals surface area (Å²) < 4.78 is 19.3. The monoisotopic (exact) mass is 844 g/mol. The number of aromatic nitrogens is 4. The minimum absolute atomic E-state index is 0.0343. The van der Waals surface area contributed by atoms with Gasteiger partial charge in [0.25, 0.3) is 0 Å². The summed E-state index contributed by atoms with van der Waals surface area (Å²) in [6, 6.07) is 35.4. The average molecular weight is 845 g/mol. The van der Waals surface area contributed by atoms with Crippen molar-refractivity contribution in [2.24, 2.45) is 16.6 Å². The fourth-order valence-corrected chi connectivity index (χ4v) is 9.76. The molecule has 0 fully saturated rings. The number of nitrogens with zero attached hydrogens (tertiary/aromatic N) is 5. The van der Waals surface area contributed by atoms with Crippen molar-refractivity contribution in [3.8, 4) is 61.6 Å². The molecule has 9 heteroatoms. The number of hydrogen-bond acceptors (Lipinski definition) is 9. The van der Waals surface area contributed by atoms with E-state index in [0.717, 1.165) is 122 Å². The highest BCUT2D eigenvalue weighted by molar-refractivity contribution is 6.15. The molecule has 8 heterocycles. The average Bonchev–Trinajstić information content (AvgIpc) is 4.05. The Morgan fingerprint density at radius 2 is 1.25 bits per heavy atom. The predicted octanol–water partition coefficient (Wildman–Crippen LogP) is 13.4. The first-order valence-corrected chi connectivity index (χ1v) is 21.7. The number of pyridine rings is 4. The number of nitrogens with two attached hydrogens (primary N) is 1. The van der Waals surface area contributed by atoms with E-state index in [0.29, 0.717) is 6.42 Å². The molecule has 6 aromatic heterocycles. The molecule has 2 aliphatic heterocycles. The largest absolute Gasteiger partial charge is 0.485 e. The van der Waals surface area contributed by atoms with E-state index in [1.165, 1.54) is 0 Å². The molecule has 3 unspecified atom stereocenters. The predicted molar refractivity (Wildman–Crippen MR) is 260 cm³/mol. The highest BCUT2D eigenvalue weighted by Crippen LogP contribution is 2.56. The Labute approximate surface area is 374 Å². The van der Waals surface area contributed by atoms with Crippen molar-refractivity contribution < 1.29 is 13.6 Å². The van der Waals surface area contributed by atoms with Crippen LogP contribution in [-0.4, -0.2) is 32.3 Å². The smallest absolute Gasteiger partial charge is 0.138 e. The second-order valence-corrected chi connectivity index (χ2v) is 16.6. The van der Waals surface area contributed by atoms with Gasteiger partial charge in [-0.25, -0.2) is 0 Å². The van der Waals surface area contributed by atoms with Gasteiger partial charge in [-0.05, 0) is 136 Å². The molecule has 2 N–H and O–H groups in total. The van der Waals surface area contributed by atoms with E-state index in [9.17, 15) is 0 Å². The summed E-state index contributed by atoms with van der Waals surface area (Å²) in [7, 11) is 0. The second kappa shape index (κ2) is 15.4. The Morgan fingerprint density at radius 1 is 0.662 bits per heavy atom. The first-order chi connectivity index (χ1) is 32.0. The summed E-state index contributed by atoms with van der Waals surface area (Å²) >= 11 is 0.